The molecule has 2 atom stereocenters. The fraction of sp³-hybridized carbons (Fsp3) is 0.917. The monoisotopic (exact) mass is 209 g/mol. The first-order chi connectivity index (χ1) is 7.29. The van der Waals surface area contributed by atoms with E-state index < -0.39 is 0 Å². The summed E-state index contributed by atoms with van der Waals surface area (Å²) in [6, 6.07) is 0.620. The van der Waals surface area contributed by atoms with Crippen LogP contribution in [0.4, 0.5) is 0 Å². The van der Waals surface area contributed by atoms with Gasteiger partial charge in [0.1, 0.15) is 0 Å². The summed E-state index contributed by atoms with van der Waals surface area (Å²) >= 11 is 0. The minimum Gasteiger partial charge on any atom is -0.370 e. The van der Waals surface area contributed by atoms with E-state index in [0.717, 1.165) is 18.4 Å². The molecule has 0 amide bonds. The molecule has 2 saturated carbocycles. The summed E-state index contributed by atoms with van der Waals surface area (Å²) in [5.74, 6) is 2.34. The first kappa shape index (κ1) is 10.8. The van der Waals surface area contributed by atoms with Crippen LogP contribution in [0.15, 0.2) is 4.99 Å². The van der Waals surface area contributed by atoms with Crippen LogP contribution >= 0.6 is 0 Å². The highest BCUT2D eigenvalue weighted by molar-refractivity contribution is 5.78. The maximum Gasteiger partial charge on any atom is 0.188 e. The third-order valence-electron chi connectivity index (χ3n) is 3.66. The van der Waals surface area contributed by atoms with Crippen LogP contribution in [0.5, 0.6) is 0 Å². The molecule has 0 aromatic carbocycles. The summed E-state index contributed by atoms with van der Waals surface area (Å²) in [5.41, 5.74) is 5.84. The lowest BCUT2D eigenvalue weighted by Gasteiger charge is -2.23. The van der Waals surface area contributed by atoms with Crippen LogP contribution in [-0.2, 0) is 0 Å². The molecule has 2 aliphatic carbocycles. The zero-order chi connectivity index (χ0) is 10.7. The average Bonchev–Trinajstić information content (AvgIpc) is 2.81. The van der Waals surface area contributed by atoms with E-state index in [1.807, 2.05) is 0 Å². The highest BCUT2D eigenvalue weighted by Crippen LogP contribution is 2.34. The third kappa shape index (κ3) is 3.11. The number of aliphatic imine (C=N–C) groups is 1. The van der Waals surface area contributed by atoms with Crippen molar-refractivity contribution >= 4 is 5.96 Å². The van der Waals surface area contributed by atoms with Crippen LogP contribution in [0, 0.1) is 11.8 Å². The summed E-state index contributed by atoms with van der Waals surface area (Å²) in [6.07, 6.45) is 7.97. The number of nitrogens with two attached hydrogens (primary N) is 1. The largest absolute Gasteiger partial charge is 0.370 e. The molecule has 2 aliphatic rings. The van der Waals surface area contributed by atoms with E-state index >= 15 is 0 Å². The minimum atomic E-state index is 0.620. The van der Waals surface area contributed by atoms with Crippen LogP contribution in [-0.4, -0.2) is 18.5 Å². The number of nitrogens with zero attached hydrogens (tertiary/aromatic N) is 1. The van der Waals surface area contributed by atoms with Crippen molar-refractivity contribution in [1.29, 1.82) is 0 Å². The van der Waals surface area contributed by atoms with Gasteiger partial charge in [-0.05, 0) is 37.5 Å². The van der Waals surface area contributed by atoms with Gasteiger partial charge in [-0.1, -0.05) is 19.8 Å². The van der Waals surface area contributed by atoms with Gasteiger partial charge >= 0.3 is 0 Å². The van der Waals surface area contributed by atoms with Crippen molar-refractivity contribution in [3.63, 3.8) is 0 Å². The number of hydrogen-bond acceptors (Lipinski definition) is 1. The van der Waals surface area contributed by atoms with Crippen LogP contribution in [0.1, 0.15) is 45.4 Å². The lowest BCUT2D eigenvalue weighted by molar-refractivity contribution is 0.326. The topological polar surface area (TPSA) is 50.4 Å². The van der Waals surface area contributed by atoms with Crippen molar-refractivity contribution in [2.45, 2.75) is 51.5 Å². The molecule has 0 bridgehead atoms. The summed E-state index contributed by atoms with van der Waals surface area (Å²) in [6.45, 7) is 3.17. The van der Waals surface area contributed by atoms with E-state index in [4.69, 9.17) is 5.73 Å². The van der Waals surface area contributed by atoms with Crippen molar-refractivity contribution in [2.75, 3.05) is 6.54 Å². The fourth-order valence-electron chi connectivity index (χ4n) is 2.25. The molecule has 0 saturated heterocycles. The fourth-order valence-corrected chi connectivity index (χ4v) is 2.25. The maximum atomic E-state index is 5.84. The van der Waals surface area contributed by atoms with Gasteiger partial charge in [-0.25, -0.2) is 0 Å². The lowest BCUT2D eigenvalue weighted by Crippen LogP contribution is -2.35. The van der Waals surface area contributed by atoms with Gasteiger partial charge in [0, 0.05) is 12.6 Å². The van der Waals surface area contributed by atoms with Gasteiger partial charge < -0.3 is 11.1 Å². The average molecular weight is 209 g/mol. The Morgan fingerprint density at radius 2 is 2.27 bits per heavy atom. The SMILES string of the molecule is CCC[C@@H]1C[C@H]1NC(N)=NCC1CCC1. The van der Waals surface area contributed by atoms with E-state index in [0.29, 0.717) is 12.0 Å². The number of hydrogen-bond donors (Lipinski definition) is 2. The zero-order valence-electron chi connectivity index (χ0n) is 9.71. The first-order valence-electron chi connectivity index (χ1n) is 6.36. The standard InChI is InChI=1S/C12H23N3/c1-2-4-10-7-11(10)15-12(13)14-8-9-5-3-6-9/h9-11H,2-8H2,1H3,(H3,13,14,15)/t10-,11-/m1/s1. The van der Waals surface area contributed by atoms with E-state index in [2.05, 4.69) is 17.2 Å². The number of guanidine groups is 1. The number of rotatable bonds is 5. The smallest absolute Gasteiger partial charge is 0.188 e. The molecule has 15 heavy (non-hydrogen) atoms. The van der Waals surface area contributed by atoms with Gasteiger partial charge in [0.25, 0.3) is 0 Å². The van der Waals surface area contributed by atoms with Crippen molar-refractivity contribution < 1.29 is 0 Å². The quantitative estimate of drug-likeness (QED) is 0.536. The zero-order valence-corrected chi connectivity index (χ0v) is 9.71. The molecule has 3 heteroatoms. The Labute approximate surface area is 92.5 Å². The van der Waals surface area contributed by atoms with Crippen molar-refractivity contribution in [3.8, 4) is 0 Å². The summed E-state index contributed by atoms with van der Waals surface area (Å²) < 4.78 is 0. The number of nitrogens with one attached hydrogen (secondary N) is 1. The van der Waals surface area contributed by atoms with Gasteiger partial charge in [-0.2, -0.15) is 0 Å². The molecule has 2 rings (SSSR count). The summed E-state index contributed by atoms with van der Waals surface area (Å²) in [5, 5.41) is 3.32. The molecule has 0 aromatic heterocycles. The Kier molecular flexibility index (Phi) is 3.49. The van der Waals surface area contributed by atoms with E-state index in [1.165, 1.54) is 38.5 Å². The molecule has 2 fully saturated rings. The molecule has 0 aliphatic heterocycles. The molecule has 0 spiro atoms. The molecular weight excluding hydrogens is 186 g/mol. The van der Waals surface area contributed by atoms with Gasteiger partial charge in [-0.3, -0.25) is 4.99 Å². The van der Waals surface area contributed by atoms with E-state index in [9.17, 15) is 0 Å². The van der Waals surface area contributed by atoms with Crippen LogP contribution in [0.25, 0.3) is 0 Å². The van der Waals surface area contributed by atoms with Crippen LogP contribution in [0.2, 0.25) is 0 Å². The van der Waals surface area contributed by atoms with E-state index in [1.54, 1.807) is 0 Å². The Balaban J connectivity index is 1.61. The first-order valence-corrected chi connectivity index (χ1v) is 6.36. The van der Waals surface area contributed by atoms with Crippen molar-refractivity contribution in [1.82, 2.24) is 5.32 Å². The minimum absolute atomic E-state index is 0.620. The molecule has 86 valence electrons. The van der Waals surface area contributed by atoms with Crippen LogP contribution in [0.3, 0.4) is 0 Å². The van der Waals surface area contributed by atoms with Crippen molar-refractivity contribution in [2.24, 2.45) is 22.6 Å². The molecule has 0 unspecified atom stereocenters. The molecule has 0 radical (unpaired) electrons. The molecule has 3 N–H and O–H groups in total. The van der Waals surface area contributed by atoms with Crippen LogP contribution < -0.4 is 11.1 Å². The summed E-state index contributed by atoms with van der Waals surface area (Å²) in [7, 11) is 0. The second-order valence-corrected chi connectivity index (χ2v) is 5.06. The van der Waals surface area contributed by atoms with Gasteiger partial charge in [-0.15, -0.1) is 0 Å². The molecule has 3 nitrogen and oxygen atoms in total. The predicted molar refractivity (Wildman–Crippen MR) is 63.8 cm³/mol. The molecule has 0 aromatic rings. The Bertz CT molecular complexity index is 233. The van der Waals surface area contributed by atoms with E-state index in [-0.39, 0.29) is 0 Å². The second kappa shape index (κ2) is 4.86. The Morgan fingerprint density at radius 1 is 1.47 bits per heavy atom. The van der Waals surface area contributed by atoms with Gasteiger partial charge in [0.2, 0.25) is 0 Å². The third-order valence-corrected chi connectivity index (χ3v) is 3.66. The van der Waals surface area contributed by atoms with Gasteiger partial charge in [0.05, 0.1) is 0 Å². The van der Waals surface area contributed by atoms with Gasteiger partial charge in [0.15, 0.2) is 5.96 Å². The Morgan fingerprint density at radius 3 is 2.87 bits per heavy atom. The molecule has 0 heterocycles. The highest BCUT2D eigenvalue weighted by Gasteiger charge is 2.36. The van der Waals surface area contributed by atoms with Crippen molar-refractivity contribution in [3.05, 3.63) is 0 Å². The maximum absolute atomic E-state index is 5.84. The highest BCUT2D eigenvalue weighted by atomic mass is 15.1. The second-order valence-electron chi connectivity index (χ2n) is 5.06. The Hall–Kier alpha value is -0.730. The normalized spacial score (nSPS) is 31.1. The summed E-state index contributed by atoms with van der Waals surface area (Å²) in [4.78, 5) is 4.40. The molecular formula is C12H23N3. The predicted octanol–water partition coefficient (Wildman–Crippen LogP) is 1.88. The lowest BCUT2D eigenvalue weighted by atomic mass is 9.86.